The summed E-state index contributed by atoms with van der Waals surface area (Å²) in [5.74, 6) is 0.208. The summed E-state index contributed by atoms with van der Waals surface area (Å²) in [5, 5.41) is 8.36. The highest BCUT2D eigenvalue weighted by atomic mass is 32.2. The first kappa shape index (κ1) is 26.0. The van der Waals surface area contributed by atoms with Crippen LogP contribution in [0.4, 0.5) is 5.69 Å². The molecule has 190 valence electrons. The van der Waals surface area contributed by atoms with E-state index in [4.69, 9.17) is 20.9 Å². The molecule has 0 bridgehead atoms. The van der Waals surface area contributed by atoms with Crippen molar-refractivity contribution in [2.24, 2.45) is 12.8 Å². The molecular weight excluding hydrogens is 486 g/mol. The third-order valence-corrected chi connectivity index (χ3v) is 6.98. The molecule has 1 heterocycles. The average Bonchev–Trinajstić information content (AvgIpc) is 3.23. The van der Waals surface area contributed by atoms with Crippen molar-refractivity contribution in [1.29, 1.82) is 5.41 Å². The Hall–Kier alpha value is -4.11. The molecule has 0 unspecified atom stereocenters. The number of carbonyl (C=O) groups is 2. The maximum absolute atomic E-state index is 13.5. The number of nitrogen functional groups attached to an aromatic ring is 1. The van der Waals surface area contributed by atoms with E-state index in [1.54, 1.807) is 35.7 Å². The molecule has 8 nitrogen and oxygen atoms in total. The molecule has 3 aromatic carbocycles. The molecule has 1 amide bonds. The minimum absolute atomic E-state index is 0.0478. The summed E-state index contributed by atoms with van der Waals surface area (Å²) in [6.45, 7) is 2.28. The van der Waals surface area contributed by atoms with Gasteiger partial charge in [0.25, 0.3) is 5.91 Å². The highest BCUT2D eigenvalue weighted by molar-refractivity contribution is 7.98. The Balaban J connectivity index is 1.54. The van der Waals surface area contributed by atoms with Gasteiger partial charge in [-0.25, -0.2) is 4.98 Å². The number of amidine groups is 1. The van der Waals surface area contributed by atoms with Crippen LogP contribution in [0.25, 0.3) is 11.0 Å². The monoisotopic (exact) mass is 515 g/mol. The van der Waals surface area contributed by atoms with Crippen LogP contribution >= 0.6 is 11.8 Å². The summed E-state index contributed by atoms with van der Waals surface area (Å²) < 4.78 is 7.06. The Morgan fingerprint density at radius 3 is 2.43 bits per heavy atom. The van der Waals surface area contributed by atoms with Gasteiger partial charge in [0.05, 0.1) is 24.1 Å². The molecule has 0 fully saturated rings. The number of para-hydroxylation sites is 1. The van der Waals surface area contributed by atoms with E-state index in [2.05, 4.69) is 0 Å². The number of nitrogens with one attached hydrogen (secondary N) is 1. The van der Waals surface area contributed by atoms with Crippen molar-refractivity contribution < 1.29 is 14.3 Å². The topological polar surface area (TPSA) is 114 Å². The van der Waals surface area contributed by atoms with Crippen LogP contribution in [0.5, 0.6) is 0 Å². The van der Waals surface area contributed by atoms with E-state index in [-0.39, 0.29) is 30.7 Å². The zero-order chi connectivity index (χ0) is 26.4. The van der Waals surface area contributed by atoms with Crippen LogP contribution < -0.4 is 10.6 Å². The van der Waals surface area contributed by atoms with Gasteiger partial charge in [-0.05, 0) is 42.8 Å². The smallest absolute Gasteiger partial charge is 0.307 e. The molecule has 0 radical (unpaired) electrons. The van der Waals surface area contributed by atoms with Gasteiger partial charge in [0.2, 0.25) is 0 Å². The van der Waals surface area contributed by atoms with Crippen LogP contribution in [0.1, 0.15) is 34.8 Å². The molecule has 0 spiro atoms. The number of carbonyl (C=O) groups excluding carboxylic acids is 2. The molecule has 37 heavy (non-hydrogen) atoms. The Morgan fingerprint density at radius 1 is 1.05 bits per heavy atom. The van der Waals surface area contributed by atoms with E-state index in [1.807, 2.05) is 72.3 Å². The predicted octanol–water partition coefficient (Wildman–Crippen LogP) is 4.75. The number of esters is 1. The highest BCUT2D eigenvalue weighted by Gasteiger charge is 2.20. The second-order valence-corrected chi connectivity index (χ2v) is 9.35. The van der Waals surface area contributed by atoms with Crippen molar-refractivity contribution in [3.05, 3.63) is 89.5 Å². The van der Waals surface area contributed by atoms with Crippen molar-refractivity contribution in [3.8, 4) is 0 Å². The van der Waals surface area contributed by atoms with E-state index < -0.39 is 0 Å². The first-order chi connectivity index (χ1) is 17.9. The molecule has 9 heteroatoms. The third-order valence-electron chi connectivity index (χ3n) is 5.88. The number of aromatic nitrogens is 2. The standard InChI is InChI=1S/C28H29N5O3S/c1-3-36-25(34)15-16-33(22-7-5-4-6-8-22)27(35)21-13-14-24-23(17-21)31-28(32(24)2)37-18-19-9-11-20(12-10-19)26(29)30/h4-14,17H,3,15-16,18H2,1-2H3,(H3,29,30). The maximum atomic E-state index is 13.5. The first-order valence-corrected chi connectivity index (χ1v) is 12.9. The number of fused-ring (bicyclic) bond motifs is 1. The Kier molecular flexibility index (Phi) is 8.25. The number of nitrogens with zero attached hydrogens (tertiary/aromatic N) is 3. The van der Waals surface area contributed by atoms with Gasteiger partial charge in [0, 0.05) is 36.2 Å². The summed E-state index contributed by atoms with van der Waals surface area (Å²) >= 11 is 1.59. The second kappa shape index (κ2) is 11.7. The van der Waals surface area contributed by atoms with Crippen LogP contribution in [0.2, 0.25) is 0 Å². The summed E-state index contributed by atoms with van der Waals surface area (Å²) in [6, 6.07) is 22.4. The van der Waals surface area contributed by atoms with Gasteiger partial charge < -0.3 is 19.9 Å². The number of thioether (sulfide) groups is 1. The molecule has 1 aromatic heterocycles. The lowest BCUT2D eigenvalue weighted by Crippen LogP contribution is -2.33. The van der Waals surface area contributed by atoms with Gasteiger partial charge in [-0.1, -0.05) is 54.2 Å². The highest BCUT2D eigenvalue weighted by Crippen LogP contribution is 2.27. The van der Waals surface area contributed by atoms with Crippen molar-refractivity contribution in [2.75, 3.05) is 18.1 Å². The molecular formula is C28H29N5O3S. The Bertz CT molecular complexity index is 1420. The van der Waals surface area contributed by atoms with Gasteiger partial charge in [-0.2, -0.15) is 0 Å². The molecule has 0 aliphatic carbocycles. The lowest BCUT2D eigenvalue weighted by atomic mass is 10.1. The molecule has 3 N–H and O–H groups in total. The number of benzene rings is 3. The molecule has 0 aliphatic rings. The van der Waals surface area contributed by atoms with E-state index in [0.29, 0.717) is 29.2 Å². The lowest BCUT2D eigenvalue weighted by molar-refractivity contribution is -0.142. The predicted molar refractivity (Wildman–Crippen MR) is 147 cm³/mol. The van der Waals surface area contributed by atoms with E-state index >= 15 is 0 Å². The van der Waals surface area contributed by atoms with Crippen LogP contribution in [-0.2, 0) is 22.3 Å². The molecule has 4 aromatic rings. The van der Waals surface area contributed by atoms with E-state index in [9.17, 15) is 9.59 Å². The average molecular weight is 516 g/mol. The van der Waals surface area contributed by atoms with E-state index in [0.717, 1.165) is 21.8 Å². The van der Waals surface area contributed by atoms with Crippen molar-refractivity contribution in [2.45, 2.75) is 24.3 Å². The normalized spacial score (nSPS) is 10.9. The number of ether oxygens (including phenoxy) is 1. The van der Waals surface area contributed by atoms with Crippen LogP contribution in [0, 0.1) is 5.41 Å². The van der Waals surface area contributed by atoms with Gasteiger partial charge in [-0.3, -0.25) is 15.0 Å². The number of aryl methyl sites for hydroxylation is 1. The Labute approximate surface area is 219 Å². The van der Waals surface area contributed by atoms with Crippen molar-refractivity contribution >= 4 is 46.2 Å². The fourth-order valence-corrected chi connectivity index (χ4v) is 4.86. The second-order valence-electron chi connectivity index (χ2n) is 8.40. The fourth-order valence-electron chi connectivity index (χ4n) is 3.92. The summed E-state index contributed by atoms with van der Waals surface area (Å²) in [7, 11) is 1.95. The number of imidazole rings is 1. The number of rotatable bonds is 10. The van der Waals surface area contributed by atoms with E-state index in [1.165, 1.54) is 0 Å². The quantitative estimate of drug-likeness (QED) is 0.136. The third kappa shape index (κ3) is 6.18. The molecule has 0 aliphatic heterocycles. The zero-order valence-electron chi connectivity index (χ0n) is 20.8. The fraction of sp³-hybridized carbons (Fsp3) is 0.214. The zero-order valence-corrected chi connectivity index (χ0v) is 21.6. The SMILES string of the molecule is CCOC(=O)CCN(C(=O)c1ccc2c(c1)nc(SCc1ccc(C(=N)N)cc1)n2C)c1ccccc1. The molecule has 0 atom stereocenters. The van der Waals surface area contributed by atoms with Gasteiger partial charge in [-0.15, -0.1) is 0 Å². The summed E-state index contributed by atoms with van der Waals surface area (Å²) in [5.41, 5.74) is 10.2. The minimum atomic E-state index is -0.339. The number of hydrogen-bond donors (Lipinski definition) is 2. The summed E-state index contributed by atoms with van der Waals surface area (Å²) in [4.78, 5) is 31.9. The number of nitrogens with two attached hydrogens (primary N) is 1. The van der Waals surface area contributed by atoms with Gasteiger partial charge in [0.15, 0.2) is 5.16 Å². The maximum Gasteiger partial charge on any atom is 0.307 e. The number of hydrogen-bond acceptors (Lipinski definition) is 6. The molecule has 0 saturated carbocycles. The van der Waals surface area contributed by atoms with Gasteiger partial charge >= 0.3 is 5.97 Å². The largest absolute Gasteiger partial charge is 0.466 e. The molecule has 4 rings (SSSR count). The van der Waals surface area contributed by atoms with Crippen LogP contribution in [0.3, 0.4) is 0 Å². The van der Waals surface area contributed by atoms with Crippen molar-refractivity contribution in [3.63, 3.8) is 0 Å². The number of amides is 1. The number of anilines is 1. The molecule has 0 saturated heterocycles. The first-order valence-electron chi connectivity index (χ1n) is 11.9. The van der Waals surface area contributed by atoms with Crippen LogP contribution in [0.15, 0.2) is 78.0 Å². The van der Waals surface area contributed by atoms with Gasteiger partial charge in [0.1, 0.15) is 5.84 Å². The minimum Gasteiger partial charge on any atom is -0.466 e. The summed E-state index contributed by atoms with van der Waals surface area (Å²) in [6.07, 6.45) is 0.106. The Morgan fingerprint density at radius 2 is 1.76 bits per heavy atom. The lowest BCUT2D eigenvalue weighted by Gasteiger charge is -2.22. The van der Waals surface area contributed by atoms with Crippen molar-refractivity contribution in [1.82, 2.24) is 9.55 Å². The van der Waals surface area contributed by atoms with Crippen LogP contribution in [-0.4, -0.2) is 40.4 Å².